The van der Waals surface area contributed by atoms with Crippen LogP contribution >= 0.6 is 23.2 Å². The summed E-state index contributed by atoms with van der Waals surface area (Å²) in [5, 5.41) is 11.4. The lowest BCUT2D eigenvalue weighted by atomic mass is 10.1. The third-order valence-corrected chi connectivity index (χ3v) is 4.89. The maximum atomic E-state index is 13.0. The summed E-state index contributed by atoms with van der Waals surface area (Å²) in [7, 11) is 1.32. The molecule has 12 heteroatoms. The number of aromatic carboxylic acids is 1. The fraction of sp³-hybridized carbons (Fsp3) is 0.167. The largest absolute Gasteiger partial charge is 0.496 e. The van der Waals surface area contributed by atoms with Crippen molar-refractivity contribution in [1.29, 1.82) is 0 Å². The van der Waals surface area contributed by atoms with Gasteiger partial charge in [0, 0.05) is 18.3 Å². The van der Waals surface area contributed by atoms with Crippen LogP contribution in [0.5, 0.6) is 5.75 Å². The van der Waals surface area contributed by atoms with E-state index in [1.165, 1.54) is 30.2 Å². The van der Waals surface area contributed by atoms with Crippen LogP contribution in [0.15, 0.2) is 36.4 Å². The fourth-order valence-electron chi connectivity index (χ4n) is 2.85. The molecule has 0 spiro atoms. The molecule has 30 heavy (non-hydrogen) atoms. The van der Waals surface area contributed by atoms with Gasteiger partial charge >= 0.3 is 18.0 Å². The maximum absolute atomic E-state index is 13.0. The van der Waals surface area contributed by atoms with Gasteiger partial charge in [-0.1, -0.05) is 29.3 Å². The first kappa shape index (κ1) is 21.7. The number of carbonyl (C=O) groups is 3. The van der Waals surface area contributed by atoms with Crippen LogP contribution in [0.3, 0.4) is 0 Å². The second-order valence-corrected chi connectivity index (χ2v) is 6.78. The van der Waals surface area contributed by atoms with Crippen molar-refractivity contribution in [3.63, 3.8) is 0 Å². The van der Waals surface area contributed by atoms with E-state index in [0.717, 1.165) is 10.0 Å². The highest BCUT2D eigenvalue weighted by atomic mass is 35.5. The summed E-state index contributed by atoms with van der Waals surface area (Å²) < 4.78 is 5.10. The predicted molar refractivity (Wildman–Crippen MR) is 111 cm³/mol. The van der Waals surface area contributed by atoms with Gasteiger partial charge in [-0.3, -0.25) is 4.90 Å². The highest BCUT2D eigenvalue weighted by molar-refractivity contribution is 6.40. The molecular weight excluding hydrogens is 437 g/mol. The van der Waals surface area contributed by atoms with Crippen molar-refractivity contribution in [2.75, 3.05) is 23.6 Å². The quantitative estimate of drug-likeness (QED) is 0.634. The van der Waals surface area contributed by atoms with E-state index in [0.29, 0.717) is 5.69 Å². The molecule has 1 saturated heterocycles. The number of nitrogens with zero attached hydrogens (tertiary/aromatic N) is 3. The number of benzene rings is 2. The lowest BCUT2D eigenvalue weighted by Gasteiger charge is -2.25. The van der Waals surface area contributed by atoms with Crippen molar-refractivity contribution < 1.29 is 24.2 Å². The van der Waals surface area contributed by atoms with Gasteiger partial charge in [-0.15, -0.1) is 11.1 Å². The number of urea groups is 2. The number of rotatable bonds is 5. The van der Waals surface area contributed by atoms with E-state index in [9.17, 15) is 19.5 Å². The average Bonchev–Trinajstić information content (AvgIpc) is 3.09. The molecule has 0 aromatic heterocycles. The SMILES string of the molecule is CCN(C(=O)N1NNN(c2c(Cl)cccc2Cl)C1=O)c1ccc(C(=O)O)c(OC)c1. The molecule has 0 saturated carbocycles. The molecule has 0 aliphatic carbocycles. The monoisotopic (exact) mass is 453 g/mol. The van der Waals surface area contributed by atoms with E-state index in [4.69, 9.17) is 27.9 Å². The molecule has 2 aromatic rings. The third-order valence-electron chi connectivity index (χ3n) is 4.28. The Labute approximate surface area is 181 Å². The number of anilines is 2. The molecule has 1 fully saturated rings. The van der Waals surface area contributed by atoms with Crippen molar-refractivity contribution in [1.82, 2.24) is 16.1 Å². The molecule has 10 nitrogen and oxygen atoms in total. The van der Waals surface area contributed by atoms with E-state index in [2.05, 4.69) is 11.1 Å². The number of imide groups is 1. The Balaban J connectivity index is 1.88. The summed E-state index contributed by atoms with van der Waals surface area (Å²) in [4.78, 5) is 38.4. The molecule has 158 valence electrons. The van der Waals surface area contributed by atoms with E-state index in [1.54, 1.807) is 25.1 Å². The second-order valence-electron chi connectivity index (χ2n) is 5.96. The lowest BCUT2D eigenvalue weighted by molar-refractivity contribution is 0.0693. The third kappa shape index (κ3) is 3.85. The number of carboxylic acid groups (broad SMARTS) is 1. The molecule has 4 amide bonds. The fourth-order valence-corrected chi connectivity index (χ4v) is 3.42. The van der Waals surface area contributed by atoms with Gasteiger partial charge in [0.1, 0.15) is 17.0 Å². The minimum absolute atomic E-state index is 0.0543. The molecule has 3 rings (SSSR count). The predicted octanol–water partition coefficient (Wildman–Crippen LogP) is 3.51. The molecule has 2 aromatic carbocycles. The molecule has 0 bridgehead atoms. The van der Waals surface area contributed by atoms with Crippen LogP contribution in [0.2, 0.25) is 10.0 Å². The number of nitrogens with one attached hydrogen (secondary N) is 2. The average molecular weight is 454 g/mol. The van der Waals surface area contributed by atoms with Crippen LogP contribution in [0.4, 0.5) is 21.0 Å². The van der Waals surface area contributed by atoms with Gasteiger partial charge < -0.3 is 9.84 Å². The zero-order valence-electron chi connectivity index (χ0n) is 15.8. The van der Waals surface area contributed by atoms with Crippen LogP contribution in [0.25, 0.3) is 0 Å². The summed E-state index contributed by atoms with van der Waals surface area (Å²) in [5.74, 6) is -1.09. The Hall–Kier alpha value is -3.05. The molecule has 1 heterocycles. The number of hydrogen-bond acceptors (Lipinski definition) is 6. The second kappa shape index (κ2) is 8.76. The summed E-state index contributed by atoms with van der Waals surface area (Å²) in [6.45, 7) is 1.89. The number of carboxylic acids is 1. The van der Waals surface area contributed by atoms with E-state index < -0.39 is 18.0 Å². The summed E-state index contributed by atoms with van der Waals surface area (Å²) in [6.07, 6.45) is 0. The number of halogens is 2. The van der Waals surface area contributed by atoms with Gasteiger partial charge in [0.05, 0.1) is 17.2 Å². The van der Waals surface area contributed by atoms with Crippen molar-refractivity contribution in [3.05, 3.63) is 52.0 Å². The van der Waals surface area contributed by atoms with Crippen LogP contribution < -0.4 is 25.7 Å². The van der Waals surface area contributed by atoms with Gasteiger partial charge in [-0.05, 0) is 31.2 Å². The Morgan fingerprint density at radius 1 is 1.17 bits per heavy atom. The van der Waals surface area contributed by atoms with Crippen LogP contribution in [-0.2, 0) is 0 Å². The Morgan fingerprint density at radius 3 is 2.40 bits per heavy atom. The summed E-state index contributed by atoms with van der Waals surface area (Å²) >= 11 is 12.3. The number of ether oxygens (including phenoxy) is 1. The number of methoxy groups -OCH3 is 1. The van der Waals surface area contributed by atoms with Crippen LogP contribution in [0.1, 0.15) is 17.3 Å². The molecule has 1 aliphatic rings. The van der Waals surface area contributed by atoms with Crippen LogP contribution in [0, 0.1) is 0 Å². The zero-order chi connectivity index (χ0) is 22.0. The minimum atomic E-state index is -1.17. The molecule has 0 radical (unpaired) electrons. The standard InChI is InChI=1S/C18H17Cl2N5O5/c1-3-23(10-7-8-11(16(26)27)14(9-10)30-2)17(28)25-18(29)24(21-22-25)15-12(19)5-4-6-13(15)20/h4-9,21-22H,3H2,1-2H3,(H,26,27). The Bertz CT molecular complexity index is 998. The van der Waals surface area contributed by atoms with E-state index >= 15 is 0 Å². The minimum Gasteiger partial charge on any atom is -0.496 e. The van der Waals surface area contributed by atoms with Crippen molar-refractivity contribution in [2.24, 2.45) is 0 Å². The first-order valence-electron chi connectivity index (χ1n) is 8.62. The van der Waals surface area contributed by atoms with Crippen molar-refractivity contribution in [2.45, 2.75) is 6.92 Å². The van der Waals surface area contributed by atoms with Gasteiger partial charge in [0.2, 0.25) is 0 Å². The highest BCUT2D eigenvalue weighted by Crippen LogP contribution is 2.34. The van der Waals surface area contributed by atoms with Gasteiger partial charge in [-0.2, -0.15) is 5.01 Å². The van der Waals surface area contributed by atoms with Crippen molar-refractivity contribution >= 4 is 52.6 Å². The van der Waals surface area contributed by atoms with Gasteiger partial charge in [0.15, 0.2) is 0 Å². The van der Waals surface area contributed by atoms with Crippen LogP contribution in [-0.4, -0.2) is 41.8 Å². The molecular formula is C18H17Cl2N5O5. The normalized spacial score (nSPS) is 13.5. The van der Waals surface area contributed by atoms with E-state index in [1.807, 2.05) is 0 Å². The molecule has 1 aliphatic heterocycles. The molecule has 0 unspecified atom stereocenters. The number of para-hydroxylation sites is 1. The Morgan fingerprint density at radius 2 is 1.83 bits per heavy atom. The van der Waals surface area contributed by atoms with E-state index in [-0.39, 0.29) is 33.6 Å². The first-order chi connectivity index (χ1) is 14.3. The van der Waals surface area contributed by atoms with Gasteiger partial charge in [-0.25, -0.2) is 19.4 Å². The highest BCUT2D eigenvalue weighted by Gasteiger charge is 2.38. The zero-order valence-corrected chi connectivity index (χ0v) is 17.4. The molecule has 3 N–H and O–H groups in total. The molecule has 0 atom stereocenters. The first-order valence-corrected chi connectivity index (χ1v) is 9.38. The summed E-state index contributed by atoms with van der Waals surface area (Å²) in [6, 6.07) is 7.42. The topological polar surface area (TPSA) is 114 Å². The number of amides is 4. The number of hydrogen-bond donors (Lipinski definition) is 3. The number of carbonyl (C=O) groups excluding carboxylic acids is 2. The van der Waals surface area contributed by atoms with Gasteiger partial charge in [0.25, 0.3) is 0 Å². The van der Waals surface area contributed by atoms with Crippen molar-refractivity contribution in [3.8, 4) is 5.75 Å². The Kier molecular flexibility index (Phi) is 6.32. The maximum Gasteiger partial charge on any atom is 0.364 e. The lowest BCUT2D eigenvalue weighted by Crippen LogP contribution is -2.50. The smallest absolute Gasteiger partial charge is 0.364 e. The summed E-state index contributed by atoms with van der Waals surface area (Å²) in [5.41, 5.74) is 5.50. The number of hydrazine groups is 3.